The monoisotopic (exact) mass is 731 g/mol. The van der Waals surface area contributed by atoms with Crippen molar-refractivity contribution in [3.63, 3.8) is 0 Å². The number of carbonyl (C=O) groups excluding carboxylic acids is 2. The van der Waals surface area contributed by atoms with Crippen molar-refractivity contribution in [3.05, 3.63) is 64.7 Å². The van der Waals surface area contributed by atoms with Crippen molar-refractivity contribution >= 4 is 86.4 Å². The maximum atomic E-state index is 13.6. The molecule has 2 aliphatic heterocycles. The predicted octanol–water partition coefficient (Wildman–Crippen LogP) is 2.05. The van der Waals surface area contributed by atoms with Crippen LogP contribution >= 0.6 is 11.6 Å². The van der Waals surface area contributed by atoms with Crippen LogP contribution in [0.1, 0.15) is 50.7 Å². The van der Waals surface area contributed by atoms with E-state index in [0.29, 0.717) is 47.5 Å². The molecule has 52 heavy (non-hydrogen) atoms. The second kappa shape index (κ2) is 14.1. The number of benzene rings is 2. The Morgan fingerprint density at radius 3 is 2.48 bits per heavy atom. The van der Waals surface area contributed by atoms with E-state index >= 15 is 0 Å². The average Bonchev–Trinajstić information content (AvgIpc) is 3.16. The summed E-state index contributed by atoms with van der Waals surface area (Å²) in [6.45, 7) is 4.05. The second-order valence-corrected chi connectivity index (χ2v) is 17.0. The fraction of sp³-hybridized carbons (Fsp3) is 0.529. The zero-order valence-corrected chi connectivity index (χ0v) is 30.8. The van der Waals surface area contributed by atoms with Gasteiger partial charge in [0.05, 0.1) is 70.9 Å². The topological polar surface area (TPSA) is 114 Å². The molecule has 2 aromatic rings. The third-order valence-electron chi connectivity index (χ3n) is 10.5. The molecule has 6 rings (SSSR count). The van der Waals surface area contributed by atoms with E-state index in [9.17, 15) is 18.0 Å². The number of fused-ring (bicyclic) bond motifs is 4. The quantitative estimate of drug-likeness (QED) is 0.378. The Hall–Kier alpha value is -2.89. The number of amides is 2. The molecule has 1 fully saturated rings. The standard InChI is InChI=1S/C34H36B6ClN3O7S/c1-31(2)29(45)42-52(47,48)23-9-12-28-26(16-23)43(18-32(19-49-28)13-3-5-20-15-22(41)8-11-25(20)32)17-21-7-10-24(21)27(6-4-14-50-31)51-30(46)44(33(35,36)37)34(38,39)40/h4,6,8-9,11-12,15-16,21,24,27H,3,5,7,10,13-14,17-19H2,1-2H3,(H,42,45)/b6-4+/t21-,24+,27-,32-/m0/s1. The smallest absolute Gasteiger partial charge is 0.407 e. The minimum Gasteiger partial charge on any atom is -0.490 e. The Bertz CT molecular complexity index is 1860. The van der Waals surface area contributed by atoms with Gasteiger partial charge in [-0.05, 0) is 99.4 Å². The Kier molecular flexibility index (Phi) is 10.5. The molecule has 0 unspecified atom stereocenters. The molecule has 260 valence electrons. The highest BCUT2D eigenvalue weighted by atomic mass is 35.5. The van der Waals surface area contributed by atoms with Gasteiger partial charge in [0.15, 0.2) is 0 Å². The first-order valence-electron chi connectivity index (χ1n) is 17.1. The third kappa shape index (κ3) is 7.83. The lowest BCUT2D eigenvalue weighted by molar-refractivity contribution is -0.139. The largest absolute Gasteiger partial charge is 0.490 e. The van der Waals surface area contributed by atoms with Gasteiger partial charge in [0.2, 0.25) is 0 Å². The van der Waals surface area contributed by atoms with E-state index in [4.69, 9.17) is 72.9 Å². The molecule has 18 heteroatoms. The van der Waals surface area contributed by atoms with Gasteiger partial charge in [0.1, 0.15) is 17.5 Å². The number of sulfonamides is 1. The lowest BCUT2D eigenvalue weighted by atomic mass is 9.41. The minimum atomic E-state index is -4.31. The molecule has 2 heterocycles. The zero-order chi connectivity index (χ0) is 37.9. The Morgan fingerprint density at radius 1 is 1.08 bits per heavy atom. The molecule has 0 saturated heterocycles. The highest BCUT2D eigenvalue weighted by Gasteiger charge is 2.46. The summed E-state index contributed by atoms with van der Waals surface area (Å²) in [4.78, 5) is 29.3. The molecule has 2 aromatic carbocycles. The first-order chi connectivity index (χ1) is 24.2. The summed E-state index contributed by atoms with van der Waals surface area (Å²) < 4.78 is 47.7. The number of halogens is 1. The van der Waals surface area contributed by atoms with Crippen molar-refractivity contribution in [1.29, 1.82) is 0 Å². The summed E-state index contributed by atoms with van der Waals surface area (Å²) in [7, 11) is 30.6. The second-order valence-electron chi connectivity index (χ2n) is 14.9. The van der Waals surface area contributed by atoms with Crippen molar-refractivity contribution in [2.24, 2.45) is 11.8 Å². The summed E-state index contributed by atoms with van der Waals surface area (Å²) in [5, 5.41) is -4.07. The van der Waals surface area contributed by atoms with Crippen LogP contribution in [-0.2, 0) is 36.1 Å². The first kappa shape index (κ1) is 38.8. The summed E-state index contributed by atoms with van der Waals surface area (Å²) in [5.41, 5.74) is 0.811. The number of hydrogen-bond acceptors (Lipinski definition) is 8. The minimum absolute atomic E-state index is 0.0609. The maximum absolute atomic E-state index is 13.6. The summed E-state index contributed by atoms with van der Waals surface area (Å²) in [6.07, 6.45) is 5.22. The van der Waals surface area contributed by atoms with Gasteiger partial charge >= 0.3 is 6.09 Å². The normalized spacial score (nSPS) is 27.7. The average molecular weight is 731 g/mol. The van der Waals surface area contributed by atoms with Crippen LogP contribution in [0.4, 0.5) is 10.5 Å². The Balaban J connectivity index is 1.43. The van der Waals surface area contributed by atoms with Crippen LogP contribution in [0.25, 0.3) is 0 Å². The van der Waals surface area contributed by atoms with Gasteiger partial charge in [-0.15, -0.1) is 0 Å². The fourth-order valence-corrected chi connectivity index (χ4v) is 9.02. The molecule has 4 atom stereocenters. The molecule has 4 aliphatic rings. The molecule has 2 aliphatic carbocycles. The van der Waals surface area contributed by atoms with Crippen molar-refractivity contribution < 1.29 is 32.2 Å². The van der Waals surface area contributed by atoms with Gasteiger partial charge in [-0.1, -0.05) is 34.2 Å². The maximum Gasteiger partial charge on any atom is 0.407 e. The summed E-state index contributed by atoms with van der Waals surface area (Å²) in [5.74, 6) is -0.683. The molecule has 1 spiro atoms. The zero-order valence-electron chi connectivity index (χ0n) is 29.2. The number of hydrogen-bond donors (Lipinski definition) is 1. The van der Waals surface area contributed by atoms with Crippen LogP contribution in [0, 0.1) is 11.8 Å². The van der Waals surface area contributed by atoms with E-state index in [0.717, 1.165) is 36.8 Å². The molecule has 1 N–H and O–H groups in total. The van der Waals surface area contributed by atoms with Crippen molar-refractivity contribution in [2.45, 2.75) is 78.4 Å². The lowest BCUT2D eigenvalue weighted by Crippen LogP contribution is -2.66. The van der Waals surface area contributed by atoms with Gasteiger partial charge in [0.25, 0.3) is 15.9 Å². The van der Waals surface area contributed by atoms with Crippen molar-refractivity contribution in [2.75, 3.05) is 31.2 Å². The van der Waals surface area contributed by atoms with Gasteiger partial charge < -0.3 is 24.0 Å². The van der Waals surface area contributed by atoms with Gasteiger partial charge in [0, 0.05) is 29.4 Å². The number of anilines is 1. The van der Waals surface area contributed by atoms with Crippen LogP contribution in [0.2, 0.25) is 5.02 Å². The predicted molar refractivity (Wildman–Crippen MR) is 203 cm³/mol. The van der Waals surface area contributed by atoms with Crippen LogP contribution in [0.5, 0.6) is 5.75 Å². The van der Waals surface area contributed by atoms with E-state index in [-0.39, 0.29) is 23.3 Å². The van der Waals surface area contributed by atoms with Gasteiger partial charge in [-0.2, -0.15) is 0 Å². The van der Waals surface area contributed by atoms with E-state index in [1.165, 1.54) is 26.0 Å². The molecule has 2 bridgehead atoms. The van der Waals surface area contributed by atoms with Crippen LogP contribution in [0.15, 0.2) is 53.4 Å². The molecule has 10 nitrogen and oxygen atoms in total. The molecule has 12 radical (unpaired) electrons. The SMILES string of the molecule is [B]C([B])([B])N(C(=O)O[C@H]1/C=C/COC(C)(C)C(=O)NS(=O)(=O)c2ccc3c(c2)N(C[C@@H]2CC[C@H]21)C[C@@]1(CCCc2cc(Cl)ccc21)CO3)C([B])([B])[B]. The Labute approximate surface area is 319 Å². The van der Waals surface area contributed by atoms with E-state index < -0.39 is 49.6 Å². The number of carbonyl (C=O) groups is 2. The van der Waals surface area contributed by atoms with E-state index in [1.54, 1.807) is 18.2 Å². The number of ether oxygens (including phenoxy) is 3. The lowest BCUT2D eigenvalue weighted by Gasteiger charge is -2.49. The molecule has 2 amide bonds. The number of nitrogens with zero attached hydrogens (tertiary/aromatic N) is 2. The van der Waals surface area contributed by atoms with Crippen LogP contribution < -0.4 is 14.4 Å². The van der Waals surface area contributed by atoms with Crippen molar-refractivity contribution in [1.82, 2.24) is 9.62 Å². The third-order valence-corrected chi connectivity index (χ3v) is 12.1. The molecule has 0 aromatic heterocycles. The number of aryl methyl sites for hydroxylation is 1. The van der Waals surface area contributed by atoms with E-state index in [1.807, 2.05) is 12.1 Å². The van der Waals surface area contributed by atoms with Gasteiger partial charge in [-0.3, -0.25) is 4.79 Å². The van der Waals surface area contributed by atoms with Crippen LogP contribution in [-0.4, -0.2) is 121 Å². The highest BCUT2D eigenvalue weighted by molar-refractivity contribution is 7.90. The van der Waals surface area contributed by atoms with E-state index in [2.05, 4.69) is 15.7 Å². The number of nitrogens with one attached hydrogen (secondary N) is 1. The van der Waals surface area contributed by atoms with Crippen molar-refractivity contribution in [3.8, 4) is 5.75 Å². The Morgan fingerprint density at radius 2 is 1.81 bits per heavy atom. The highest BCUT2D eigenvalue weighted by Crippen LogP contribution is 2.47. The fourth-order valence-electron chi connectivity index (χ4n) is 7.70. The van der Waals surface area contributed by atoms with Gasteiger partial charge in [-0.25, -0.2) is 17.9 Å². The molecular formula is C34H36B6ClN3O7S. The molecular weight excluding hydrogens is 695 g/mol. The first-order valence-corrected chi connectivity index (χ1v) is 19.0. The number of rotatable bonds is 3. The van der Waals surface area contributed by atoms with Crippen LogP contribution in [0.3, 0.4) is 0 Å². The molecule has 1 saturated carbocycles. The summed E-state index contributed by atoms with van der Waals surface area (Å²) >= 11 is 6.42. The summed E-state index contributed by atoms with van der Waals surface area (Å²) in [6, 6.07) is 10.5.